The lowest BCUT2D eigenvalue weighted by Gasteiger charge is -2.18. The average molecular weight is 316 g/mol. The summed E-state index contributed by atoms with van der Waals surface area (Å²) < 4.78 is -2.29. The Kier molecular flexibility index (Phi) is 4.63. The highest BCUT2D eigenvalue weighted by molar-refractivity contribution is 6.76. The lowest BCUT2D eigenvalue weighted by Crippen LogP contribution is -2.48. The van der Waals surface area contributed by atoms with Gasteiger partial charge >= 0.3 is 0 Å². The van der Waals surface area contributed by atoms with E-state index in [1.165, 1.54) is 18.2 Å². The number of hydrogen-bond acceptors (Lipinski definition) is 3. The van der Waals surface area contributed by atoms with Crippen LogP contribution in [0.15, 0.2) is 24.3 Å². The predicted octanol–water partition coefficient (Wildman–Crippen LogP) is 2.55. The minimum absolute atomic E-state index is 0.114. The molecule has 0 aliphatic carbocycles. The van der Waals surface area contributed by atoms with Crippen LogP contribution in [0.2, 0.25) is 5.02 Å². The molecule has 2 N–H and O–H groups in total. The third-order valence-corrected chi connectivity index (χ3v) is 2.47. The second-order valence-corrected chi connectivity index (χ2v) is 5.71. The minimum atomic E-state index is -2.29. The molecule has 1 aromatic carbocycles. The Morgan fingerprint density at radius 2 is 1.82 bits per heavy atom. The summed E-state index contributed by atoms with van der Waals surface area (Å²) in [4.78, 5) is 23.1. The van der Waals surface area contributed by atoms with Crippen LogP contribution in [0.1, 0.15) is 10.4 Å². The maximum atomic E-state index is 11.7. The van der Waals surface area contributed by atoms with Crippen LogP contribution in [-0.2, 0) is 4.79 Å². The van der Waals surface area contributed by atoms with Gasteiger partial charge in [0.15, 0.2) is 0 Å². The van der Waals surface area contributed by atoms with Gasteiger partial charge in [0.05, 0.1) is 0 Å². The van der Waals surface area contributed by atoms with E-state index in [1.54, 1.807) is 6.07 Å². The van der Waals surface area contributed by atoms with Gasteiger partial charge in [0.25, 0.3) is 15.6 Å². The van der Waals surface area contributed by atoms with E-state index in [2.05, 4.69) is 0 Å². The zero-order valence-electron chi connectivity index (χ0n) is 8.16. The second-order valence-electron chi connectivity index (χ2n) is 2.99. The van der Waals surface area contributed by atoms with Gasteiger partial charge in [0.1, 0.15) is 0 Å². The van der Waals surface area contributed by atoms with Crippen molar-refractivity contribution in [1.29, 1.82) is 0 Å². The van der Waals surface area contributed by atoms with Gasteiger partial charge in [0, 0.05) is 10.6 Å². The molecule has 0 bridgehead atoms. The highest BCUT2D eigenvalue weighted by Gasteiger charge is 2.37. The molecule has 1 aromatic rings. The van der Waals surface area contributed by atoms with Crippen LogP contribution in [0.4, 0.5) is 0 Å². The molecule has 0 spiro atoms. The summed E-state index contributed by atoms with van der Waals surface area (Å²) >= 11 is 21.7. The molecule has 0 saturated carbocycles. The molecule has 0 heterocycles. The van der Waals surface area contributed by atoms with Crippen molar-refractivity contribution in [3.63, 3.8) is 0 Å². The lowest BCUT2D eigenvalue weighted by atomic mass is 10.2. The quantitative estimate of drug-likeness (QED) is 0.375. The average Bonchev–Trinajstić information content (AvgIpc) is 2.25. The summed E-state index contributed by atoms with van der Waals surface area (Å²) in [7, 11) is 0. The summed E-state index contributed by atoms with van der Waals surface area (Å²) in [6, 6.07) is 5.87. The molecule has 0 saturated heterocycles. The van der Waals surface area contributed by atoms with Gasteiger partial charge in [-0.25, -0.2) is 10.9 Å². The standard InChI is InChI=1S/C9H6Cl4N2O2/c10-6-3-1-2-5(4-6)7(16)15(14)8(17)9(11,12)13/h1-4H,14H2. The molecule has 0 fully saturated rings. The summed E-state index contributed by atoms with van der Waals surface area (Å²) in [6.45, 7) is 0. The van der Waals surface area contributed by atoms with Crippen molar-refractivity contribution in [1.82, 2.24) is 5.01 Å². The number of hydrogen-bond donors (Lipinski definition) is 1. The van der Waals surface area contributed by atoms with E-state index in [0.717, 1.165) is 0 Å². The Hall–Kier alpha value is -0.520. The molecular weight excluding hydrogens is 310 g/mol. The van der Waals surface area contributed by atoms with Crippen molar-refractivity contribution >= 4 is 58.2 Å². The fraction of sp³-hybridized carbons (Fsp3) is 0.111. The Balaban J connectivity index is 2.95. The maximum absolute atomic E-state index is 11.7. The summed E-state index contributed by atoms with van der Waals surface area (Å²) in [5.41, 5.74) is 0.114. The van der Waals surface area contributed by atoms with E-state index >= 15 is 0 Å². The van der Waals surface area contributed by atoms with Crippen LogP contribution in [0.25, 0.3) is 0 Å². The number of carbonyl (C=O) groups excluding carboxylic acids is 2. The summed E-state index contributed by atoms with van der Waals surface area (Å²) in [5.74, 6) is 3.31. The van der Waals surface area contributed by atoms with Crippen molar-refractivity contribution in [3.05, 3.63) is 34.9 Å². The van der Waals surface area contributed by atoms with Crippen molar-refractivity contribution in [2.45, 2.75) is 3.79 Å². The van der Waals surface area contributed by atoms with Gasteiger partial charge in [-0.2, -0.15) is 0 Å². The van der Waals surface area contributed by atoms with Crippen LogP contribution >= 0.6 is 46.4 Å². The molecule has 4 nitrogen and oxygen atoms in total. The van der Waals surface area contributed by atoms with E-state index in [0.29, 0.717) is 5.02 Å². The van der Waals surface area contributed by atoms with E-state index in [1.807, 2.05) is 0 Å². The van der Waals surface area contributed by atoms with Crippen LogP contribution in [0.5, 0.6) is 0 Å². The number of amides is 2. The third-order valence-electron chi connectivity index (χ3n) is 1.75. The first-order chi connectivity index (χ1) is 7.73. The monoisotopic (exact) mass is 314 g/mol. The van der Waals surface area contributed by atoms with Crippen LogP contribution in [-0.4, -0.2) is 20.6 Å². The number of carbonyl (C=O) groups is 2. The maximum Gasteiger partial charge on any atom is 0.295 e. The van der Waals surface area contributed by atoms with E-state index < -0.39 is 15.6 Å². The Morgan fingerprint density at radius 3 is 2.29 bits per heavy atom. The molecule has 0 aromatic heterocycles. The van der Waals surface area contributed by atoms with Gasteiger partial charge in [0.2, 0.25) is 0 Å². The number of nitrogens with two attached hydrogens (primary N) is 1. The number of benzene rings is 1. The fourth-order valence-corrected chi connectivity index (χ4v) is 1.45. The number of halogens is 4. The van der Waals surface area contributed by atoms with Crippen LogP contribution in [0, 0.1) is 0 Å². The molecule has 0 aliphatic rings. The molecule has 0 atom stereocenters. The van der Waals surface area contributed by atoms with Crippen molar-refractivity contribution in [2.75, 3.05) is 0 Å². The van der Waals surface area contributed by atoms with Crippen LogP contribution in [0.3, 0.4) is 0 Å². The van der Waals surface area contributed by atoms with Gasteiger partial charge in [-0.15, -0.1) is 0 Å². The first-order valence-corrected chi connectivity index (χ1v) is 5.70. The van der Waals surface area contributed by atoms with Gasteiger partial charge < -0.3 is 0 Å². The summed E-state index contributed by atoms with van der Waals surface area (Å²) in [5, 5.41) is 0.559. The molecular formula is C9H6Cl4N2O2. The second kappa shape index (κ2) is 5.42. The number of alkyl halides is 3. The van der Waals surface area contributed by atoms with Crippen molar-refractivity contribution in [3.8, 4) is 0 Å². The first kappa shape index (κ1) is 14.5. The molecule has 8 heteroatoms. The fourth-order valence-electron chi connectivity index (χ4n) is 0.989. The topological polar surface area (TPSA) is 63.4 Å². The number of nitrogens with zero attached hydrogens (tertiary/aromatic N) is 1. The predicted molar refractivity (Wildman–Crippen MR) is 67.1 cm³/mol. The van der Waals surface area contributed by atoms with E-state index in [-0.39, 0.29) is 10.6 Å². The Morgan fingerprint density at radius 1 is 1.24 bits per heavy atom. The molecule has 92 valence electrons. The molecule has 1 rings (SSSR count). The number of rotatable bonds is 1. The van der Waals surface area contributed by atoms with Gasteiger partial charge in [-0.05, 0) is 18.2 Å². The molecule has 0 unspecified atom stereocenters. The highest BCUT2D eigenvalue weighted by atomic mass is 35.6. The van der Waals surface area contributed by atoms with E-state index in [9.17, 15) is 9.59 Å². The first-order valence-electron chi connectivity index (χ1n) is 4.19. The highest BCUT2D eigenvalue weighted by Crippen LogP contribution is 2.28. The Bertz CT molecular complexity index is 459. The number of hydrazine groups is 1. The largest absolute Gasteiger partial charge is 0.295 e. The van der Waals surface area contributed by atoms with Crippen molar-refractivity contribution in [2.24, 2.45) is 5.84 Å². The third kappa shape index (κ3) is 3.72. The lowest BCUT2D eigenvalue weighted by molar-refractivity contribution is -0.127. The smallest absolute Gasteiger partial charge is 0.268 e. The Labute approximate surface area is 117 Å². The molecule has 2 amide bonds. The van der Waals surface area contributed by atoms with Crippen molar-refractivity contribution < 1.29 is 9.59 Å². The zero-order chi connectivity index (χ0) is 13.2. The molecule has 17 heavy (non-hydrogen) atoms. The number of imide groups is 1. The molecule has 0 radical (unpaired) electrons. The van der Waals surface area contributed by atoms with Gasteiger partial charge in [-0.1, -0.05) is 52.5 Å². The minimum Gasteiger partial charge on any atom is -0.268 e. The normalized spacial score (nSPS) is 11.1. The SMILES string of the molecule is NN(C(=O)c1cccc(Cl)c1)C(=O)C(Cl)(Cl)Cl. The zero-order valence-corrected chi connectivity index (χ0v) is 11.2. The summed E-state index contributed by atoms with van der Waals surface area (Å²) in [6.07, 6.45) is 0. The molecule has 0 aliphatic heterocycles. The van der Waals surface area contributed by atoms with Gasteiger partial charge in [-0.3, -0.25) is 9.59 Å². The van der Waals surface area contributed by atoms with E-state index in [4.69, 9.17) is 52.2 Å². The van der Waals surface area contributed by atoms with Crippen LogP contribution < -0.4 is 5.84 Å².